The van der Waals surface area contributed by atoms with E-state index < -0.39 is 11.8 Å². The largest absolute Gasteiger partial charge is 0.365 e. The average Bonchev–Trinajstić information content (AvgIpc) is 2.01. The predicted octanol–water partition coefficient (Wildman–Crippen LogP) is -0.854. The molecular formula is C10H18N3O2+. The zero-order valence-corrected chi connectivity index (χ0v) is 8.82. The summed E-state index contributed by atoms with van der Waals surface area (Å²) in [6.45, 7) is 8.20. The van der Waals surface area contributed by atoms with Crippen molar-refractivity contribution in [2.24, 2.45) is 11.5 Å². The summed E-state index contributed by atoms with van der Waals surface area (Å²) in [5, 5.41) is 0. The zero-order chi connectivity index (χ0) is 11.9. The lowest BCUT2D eigenvalue weighted by Crippen LogP contribution is -2.56. The minimum atomic E-state index is -0.472. The maximum atomic E-state index is 10.9. The lowest BCUT2D eigenvalue weighted by atomic mass is 10.3. The van der Waals surface area contributed by atoms with Crippen LogP contribution in [-0.4, -0.2) is 42.5 Å². The van der Waals surface area contributed by atoms with Crippen LogP contribution in [0.3, 0.4) is 0 Å². The predicted molar refractivity (Wildman–Crippen MR) is 58.5 cm³/mol. The molecule has 0 unspecified atom stereocenters. The van der Waals surface area contributed by atoms with Crippen molar-refractivity contribution >= 4 is 11.8 Å². The summed E-state index contributed by atoms with van der Waals surface area (Å²) in [5.41, 5.74) is 10.3. The van der Waals surface area contributed by atoms with Gasteiger partial charge in [0, 0.05) is 0 Å². The van der Waals surface area contributed by atoms with Crippen molar-refractivity contribution in [3.63, 3.8) is 0 Å². The van der Waals surface area contributed by atoms with E-state index in [1.165, 1.54) is 0 Å². The lowest BCUT2D eigenvalue weighted by molar-refractivity contribution is -0.902. The Balaban J connectivity index is 4.84. The molecule has 5 heteroatoms. The van der Waals surface area contributed by atoms with Crippen LogP contribution in [0.4, 0.5) is 0 Å². The Morgan fingerprint density at radius 2 is 1.33 bits per heavy atom. The standard InChI is InChI=1S/C10H17N3O2/c1-3-5-13(6-4-2,7-9(11)14)8-10(12)15/h3-4H,1-2,5-8H2,(H3-,11,12,14,15)/p+1. The van der Waals surface area contributed by atoms with Crippen molar-refractivity contribution in [2.45, 2.75) is 0 Å². The number of quaternary nitrogens is 1. The number of nitrogens with two attached hydrogens (primary N) is 2. The molecule has 5 nitrogen and oxygen atoms in total. The van der Waals surface area contributed by atoms with Gasteiger partial charge in [-0.2, -0.15) is 0 Å². The molecule has 0 heterocycles. The molecule has 2 amide bonds. The first-order valence-corrected chi connectivity index (χ1v) is 4.59. The second-order valence-electron chi connectivity index (χ2n) is 3.53. The quantitative estimate of drug-likeness (QED) is 0.405. The van der Waals surface area contributed by atoms with E-state index >= 15 is 0 Å². The molecule has 0 aromatic heterocycles. The fraction of sp³-hybridized carbons (Fsp3) is 0.400. The molecule has 0 saturated heterocycles. The van der Waals surface area contributed by atoms with Crippen LogP contribution < -0.4 is 11.5 Å². The molecular weight excluding hydrogens is 194 g/mol. The highest BCUT2D eigenvalue weighted by Gasteiger charge is 2.29. The molecule has 84 valence electrons. The third-order valence-electron chi connectivity index (χ3n) is 2.02. The molecule has 4 N–H and O–H groups in total. The average molecular weight is 212 g/mol. The molecule has 0 bridgehead atoms. The van der Waals surface area contributed by atoms with Crippen molar-refractivity contribution in [2.75, 3.05) is 26.2 Å². The van der Waals surface area contributed by atoms with Gasteiger partial charge in [0.2, 0.25) is 0 Å². The molecule has 0 atom stereocenters. The van der Waals surface area contributed by atoms with Gasteiger partial charge in [0.1, 0.15) is 0 Å². The highest BCUT2D eigenvalue weighted by molar-refractivity contribution is 5.77. The summed E-state index contributed by atoms with van der Waals surface area (Å²) in [5.74, 6) is -0.945. The smallest absolute Gasteiger partial charge is 0.272 e. The molecule has 0 aromatic carbocycles. The Kier molecular flexibility index (Phi) is 5.33. The zero-order valence-electron chi connectivity index (χ0n) is 8.82. The first kappa shape index (κ1) is 13.4. The highest BCUT2D eigenvalue weighted by atomic mass is 16.2. The summed E-state index contributed by atoms with van der Waals surface area (Å²) < 4.78 is 0.164. The highest BCUT2D eigenvalue weighted by Crippen LogP contribution is 2.06. The van der Waals surface area contributed by atoms with Gasteiger partial charge in [0.05, 0.1) is 13.1 Å². The molecule has 0 spiro atoms. The molecule has 0 radical (unpaired) electrons. The number of primary amides is 2. The third-order valence-corrected chi connectivity index (χ3v) is 2.02. The minimum absolute atomic E-state index is 0.0565. The van der Waals surface area contributed by atoms with Gasteiger partial charge in [-0.05, 0) is 12.2 Å². The van der Waals surface area contributed by atoms with Gasteiger partial charge >= 0.3 is 0 Å². The maximum Gasteiger partial charge on any atom is 0.272 e. The number of hydrogen-bond donors (Lipinski definition) is 2. The SMILES string of the molecule is C=CC[N+](CC=C)(CC(N)=O)CC(N)=O. The van der Waals surface area contributed by atoms with Gasteiger partial charge in [-0.1, -0.05) is 13.2 Å². The molecule has 0 saturated carbocycles. The fourth-order valence-electron chi connectivity index (χ4n) is 1.60. The van der Waals surface area contributed by atoms with Crippen molar-refractivity contribution in [3.8, 4) is 0 Å². The summed E-state index contributed by atoms with van der Waals surface area (Å²) in [6.07, 6.45) is 3.27. The number of hydrogen-bond acceptors (Lipinski definition) is 2. The second-order valence-corrected chi connectivity index (χ2v) is 3.53. The van der Waals surface area contributed by atoms with Crippen LogP contribution in [0, 0.1) is 0 Å². The van der Waals surface area contributed by atoms with E-state index in [2.05, 4.69) is 13.2 Å². The van der Waals surface area contributed by atoms with Gasteiger partial charge in [-0.15, -0.1) is 0 Å². The van der Waals surface area contributed by atoms with Crippen LogP contribution in [0.2, 0.25) is 0 Å². The Bertz CT molecular complexity index is 246. The molecule has 0 fully saturated rings. The van der Waals surface area contributed by atoms with E-state index in [0.29, 0.717) is 13.1 Å². The van der Waals surface area contributed by atoms with Gasteiger partial charge in [-0.3, -0.25) is 9.59 Å². The van der Waals surface area contributed by atoms with Crippen LogP contribution in [0.25, 0.3) is 0 Å². The van der Waals surface area contributed by atoms with Crippen LogP contribution in [0.15, 0.2) is 25.3 Å². The Morgan fingerprint density at radius 3 is 1.53 bits per heavy atom. The van der Waals surface area contributed by atoms with Gasteiger partial charge in [-0.25, -0.2) is 0 Å². The molecule has 0 aliphatic rings. The molecule has 0 aliphatic carbocycles. The molecule has 15 heavy (non-hydrogen) atoms. The van der Waals surface area contributed by atoms with E-state index in [-0.39, 0.29) is 17.6 Å². The van der Waals surface area contributed by atoms with E-state index in [1.807, 2.05) is 0 Å². The maximum absolute atomic E-state index is 10.9. The summed E-state index contributed by atoms with van der Waals surface area (Å²) >= 11 is 0. The first-order valence-electron chi connectivity index (χ1n) is 4.59. The number of carbonyl (C=O) groups excluding carboxylic acids is 2. The Labute approximate surface area is 89.6 Å². The number of carbonyl (C=O) groups is 2. The van der Waals surface area contributed by atoms with Crippen molar-refractivity contribution in [3.05, 3.63) is 25.3 Å². The van der Waals surface area contributed by atoms with Crippen molar-refractivity contribution in [1.82, 2.24) is 0 Å². The summed E-state index contributed by atoms with van der Waals surface area (Å²) in [6, 6.07) is 0. The van der Waals surface area contributed by atoms with Crippen molar-refractivity contribution < 1.29 is 14.1 Å². The topological polar surface area (TPSA) is 86.2 Å². The Morgan fingerprint density at radius 1 is 1.00 bits per heavy atom. The van der Waals surface area contributed by atoms with E-state index in [4.69, 9.17) is 11.5 Å². The van der Waals surface area contributed by atoms with Crippen LogP contribution in [-0.2, 0) is 9.59 Å². The van der Waals surface area contributed by atoms with E-state index in [0.717, 1.165) is 0 Å². The van der Waals surface area contributed by atoms with Crippen LogP contribution in [0.1, 0.15) is 0 Å². The van der Waals surface area contributed by atoms with Crippen LogP contribution >= 0.6 is 0 Å². The second kappa shape index (κ2) is 5.98. The summed E-state index contributed by atoms with van der Waals surface area (Å²) in [4.78, 5) is 21.9. The summed E-state index contributed by atoms with van der Waals surface area (Å²) in [7, 11) is 0. The van der Waals surface area contributed by atoms with Crippen molar-refractivity contribution in [1.29, 1.82) is 0 Å². The van der Waals surface area contributed by atoms with E-state index in [9.17, 15) is 9.59 Å². The number of nitrogens with zero attached hydrogens (tertiary/aromatic N) is 1. The van der Waals surface area contributed by atoms with Crippen LogP contribution in [0.5, 0.6) is 0 Å². The molecule has 0 aliphatic heterocycles. The first-order chi connectivity index (χ1) is 6.95. The normalized spacial score (nSPS) is 10.7. The monoisotopic (exact) mass is 212 g/mol. The third kappa shape index (κ3) is 4.97. The molecule has 0 rings (SSSR count). The number of amides is 2. The van der Waals surface area contributed by atoms with E-state index in [1.54, 1.807) is 12.2 Å². The lowest BCUT2D eigenvalue weighted by Gasteiger charge is -2.34. The fourth-order valence-corrected chi connectivity index (χ4v) is 1.60. The molecule has 0 aromatic rings. The van der Waals surface area contributed by atoms with Gasteiger partial charge in [0.25, 0.3) is 11.8 Å². The Hall–Kier alpha value is -1.62. The minimum Gasteiger partial charge on any atom is -0.365 e. The van der Waals surface area contributed by atoms with Gasteiger partial charge < -0.3 is 16.0 Å². The van der Waals surface area contributed by atoms with Gasteiger partial charge in [0.15, 0.2) is 13.1 Å². The number of rotatable bonds is 8.